The van der Waals surface area contributed by atoms with Crippen molar-refractivity contribution in [1.82, 2.24) is 10.2 Å². The lowest BCUT2D eigenvalue weighted by molar-refractivity contribution is -0.145. The summed E-state index contributed by atoms with van der Waals surface area (Å²) in [6.07, 6.45) is 0.730. The maximum Gasteiger partial charge on any atom is 0.314 e. The number of amides is 2. The molecule has 2 aromatic rings. The van der Waals surface area contributed by atoms with Crippen molar-refractivity contribution in [1.29, 1.82) is 0 Å². The number of piperidine rings is 1. The standard InChI is InChI=1S/C24H28N2O4/c1-23(2,3)25-20(27)17-9-11-18(12-10-17)21(28)26-15-13-24(14-16-26,22(29)30)19-7-5-4-6-8-19/h4-12H,13-16H2,1-3H3,(H,25,27)(H,29,30). The molecule has 1 aliphatic heterocycles. The van der Waals surface area contributed by atoms with E-state index in [1.165, 1.54) is 0 Å². The maximum atomic E-state index is 12.9. The van der Waals surface area contributed by atoms with Crippen LogP contribution >= 0.6 is 0 Å². The molecular formula is C24H28N2O4. The molecule has 0 atom stereocenters. The van der Waals surface area contributed by atoms with Gasteiger partial charge in [-0.05, 0) is 63.4 Å². The predicted molar refractivity (Wildman–Crippen MR) is 115 cm³/mol. The van der Waals surface area contributed by atoms with E-state index in [9.17, 15) is 19.5 Å². The van der Waals surface area contributed by atoms with Gasteiger partial charge in [0.15, 0.2) is 0 Å². The van der Waals surface area contributed by atoms with Crippen LogP contribution in [0, 0.1) is 0 Å². The fourth-order valence-electron chi connectivity index (χ4n) is 3.83. The number of likely N-dealkylation sites (tertiary alicyclic amines) is 1. The molecule has 0 aliphatic carbocycles. The van der Waals surface area contributed by atoms with E-state index in [0.29, 0.717) is 37.1 Å². The molecule has 1 heterocycles. The molecule has 0 unspecified atom stereocenters. The molecule has 1 fully saturated rings. The first-order valence-electron chi connectivity index (χ1n) is 10.1. The summed E-state index contributed by atoms with van der Waals surface area (Å²) in [5, 5.41) is 12.8. The largest absolute Gasteiger partial charge is 0.481 e. The molecule has 0 radical (unpaired) electrons. The summed E-state index contributed by atoms with van der Waals surface area (Å²) in [6, 6.07) is 15.8. The quantitative estimate of drug-likeness (QED) is 0.811. The molecule has 0 bridgehead atoms. The van der Waals surface area contributed by atoms with Crippen LogP contribution in [0.2, 0.25) is 0 Å². The maximum absolute atomic E-state index is 12.9. The first kappa shape index (κ1) is 21.6. The third-order valence-electron chi connectivity index (χ3n) is 5.52. The van der Waals surface area contributed by atoms with Gasteiger partial charge in [0.25, 0.3) is 11.8 Å². The lowest BCUT2D eigenvalue weighted by Crippen LogP contribution is -2.49. The molecule has 3 rings (SSSR count). The highest BCUT2D eigenvalue weighted by Gasteiger charge is 2.43. The monoisotopic (exact) mass is 408 g/mol. The smallest absolute Gasteiger partial charge is 0.314 e. The average molecular weight is 408 g/mol. The summed E-state index contributed by atoms with van der Waals surface area (Å²) < 4.78 is 0. The van der Waals surface area contributed by atoms with Gasteiger partial charge in [-0.25, -0.2) is 0 Å². The highest BCUT2D eigenvalue weighted by Crippen LogP contribution is 2.36. The molecule has 2 N–H and O–H groups in total. The zero-order valence-corrected chi connectivity index (χ0v) is 17.6. The fourth-order valence-corrected chi connectivity index (χ4v) is 3.83. The fraction of sp³-hybridized carbons (Fsp3) is 0.375. The number of rotatable bonds is 4. The summed E-state index contributed by atoms with van der Waals surface area (Å²) in [5.74, 6) is -1.19. The second-order valence-electron chi connectivity index (χ2n) is 8.83. The molecule has 1 aliphatic rings. The van der Waals surface area contributed by atoms with E-state index in [2.05, 4.69) is 5.32 Å². The lowest BCUT2D eigenvalue weighted by atomic mass is 9.73. The van der Waals surface area contributed by atoms with Gasteiger partial charge in [-0.2, -0.15) is 0 Å². The second-order valence-corrected chi connectivity index (χ2v) is 8.83. The van der Waals surface area contributed by atoms with Gasteiger partial charge in [0.05, 0.1) is 5.41 Å². The van der Waals surface area contributed by atoms with Crippen LogP contribution in [-0.4, -0.2) is 46.4 Å². The van der Waals surface area contributed by atoms with Crippen molar-refractivity contribution in [3.05, 3.63) is 71.3 Å². The number of carbonyl (C=O) groups is 3. The van der Waals surface area contributed by atoms with Crippen molar-refractivity contribution < 1.29 is 19.5 Å². The number of hydrogen-bond donors (Lipinski definition) is 2. The average Bonchev–Trinajstić information content (AvgIpc) is 2.72. The normalized spacial score (nSPS) is 16.0. The summed E-state index contributed by atoms with van der Waals surface area (Å²) in [4.78, 5) is 38.9. The number of carboxylic acid groups (broad SMARTS) is 1. The van der Waals surface area contributed by atoms with Crippen LogP contribution in [-0.2, 0) is 10.2 Å². The van der Waals surface area contributed by atoms with Crippen LogP contribution in [0.25, 0.3) is 0 Å². The topological polar surface area (TPSA) is 86.7 Å². The van der Waals surface area contributed by atoms with E-state index in [1.54, 1.807) is 29.2 Å². The molecule has 2 aromatic carbocycles. The van der Waals surface area contributed by atoms with Crippen molar-refractivity contribution >= 4 is 17.8 Å². The van der Waals surface area contributed by atoms with Gasteiger partial charge in [-0.1, -0.05) is 30.3 Å². The Kier molecular flexibility index (Phi) is 5.97. The van der Waals surface area contributed by atoms with Gasteiger partial charge in [-0.15, -0.1) is 0 Å². The minimum Gasteiger partial charge on any atom is -0.481 e. The van der Waals surface area contributed by atoms with Gasteiger partial charge in [0.1, 0.15) is 0 Å². The first-order chi connectivity index (χ1) is 14.1. The third kappa shape index (κ3) is 4.53. The van der Waals surface area contributed by atoms with Crippen molar-refractivity contribution in [3.8, 4) is 0 Å². The van der Waals surface area contributed by atoms with Gasteiger partial charge in [-0.3, -0.25) is 14.4 Å². The highest BCUT2D eigenvalue weighted by atomic mass is 16.4. The van der Waals surface area contributed by atoms with Gasteiger partial charge in [0, 0.05) is 29.8 Å². The van der Waals surface area contributed by atoms with E-state index in [0.717, 1.165) is 5.56 Å². The Morgan fingerprint density at radius 1 is 0.900 bits per heavy atom. The number of hydrogen-bond acceptors (Lipinski definition) is 3. The number of nitrogens with one attached hydrogen (secondary N) is 1. The number of nitrogens with zero attached hydrogens (tertiary/aromatic N) is 1. The second kappa shape index (κ2) is 8.30. The van der Waals surface area contributed by atoms with Crippen LogP contribution in [0.15, 0.2) is 54.6 Å². The highest BCUT2D eigenvalue weighted by molar-refractivity contribution is 5.98. The van der Waals surface area contributed by atoms with E-state index in [-0.39, 0.29) is 17.4 Å². The molecule has 0 saturated carbocycles. The van der Waals surface area contributed by atoms with E-state index < -0.39 is 11.4 Å². The summed E-state index contributed by atoms with van der Waals surface area (Å²) in [7, 11) is 0. The number of benzene rings is 2. The minimum atomic E-state index is -0.965. The SMILES string of the molecule is CC(C)(C)NC(=O)c1ccc(C(=O)N2CCC(C(=O)O)(c3ccccc3)CC2)cc1. The predicted octanol–water partition coefficient (Wildman–Crippen LogP) is 3.47. The zero-order valence-electron chi connectivity index (χ0n) is 17.6. The minimum absolute atomic E-state index is 0.148. The molecular weight excluding hydrogens is 380 g/mol. The van der Waals surface area contributed by atoms with Crippen molar-refractivity contribution in [3.63, 3.8) is 0 Å². The van der Waals surface area contributed by atoms with Crippen LogP contribution in [0.1, 0.15) is 59.9 Å². The molecule has 158 valence electrons. The van der Waals surface area contributed by atoms with Gasteiger partial charge >= 0.3 is 5.97 Å². The molecule has 6 heteroatoms. The first-order valence-corrected chi connectivity index (χ1v) is 10.1. The Bertz CT molecular complexity index is 922. The Labute approximate surface area is 176 Å². The molecule has 6 nitrogen and oxygen atoms in total. The Morgan fingerprint density at radius 3 is 1.93 bits per heavy atom. The van der Waals surface area contributed by atoms with E-state index in [1.807, 2.05) is 51.1 Å². The van der Waals surface area contributed by atoms with Crippen LogP contribution in [0.4, 0.5) is 0 Å². The summed E-state index contributed by atoms with van der Waals surface area (Å²) >= 11 is 0. The Morgan fingerprint density at radius 2 is 1.43 bits per heavy atom. The van der Waals surface area contributed by atoms with Crippen LogP contribution in [0.5, 0.6) is 0 Å². The summed E-state index contributed by atoms with van der Waals surface area (Å²) in [5.41, 5.74) is 0.458. The number of carbonyl (C=O) groups excluding carboxylic acids is 2. The number of carboxylic acids is 1. The molecule has 1 saturated heterocycles. The van der Waals surface area contributed by atoms with E-state index >= 15 is 0 Å². The molecule has 2 amide bonds. The van der Waals surface area contributed by atoms with Crippen LogP contribution < -0.4 is 5.32 Å². The van der Waals surface area contributed by atoms with Crippen molar-refractivity contribution in [2.24, 2.45) is 0 Å². The van der Waals surface area contributed by atoms with Gasteiger partial charge in [0.2, 0.25) is 0 Å². The molecule has 0 spiro atoms. The zero-order chi connectivity index (χ0) is 21.9. The molecule has 0 aromatic heterocycles. The van der Waals surface area contributed by atoms with Gasteiger partial charge < -0.3 is 15.3 Å². The third-order valence-corrected chi connectivity index (χ3v) is 5.52. The molecule has 30 heavy (non-hydrogen) atoms. The number of aliphatic carboxylic acids is 1. The van der Waals surface area contributed by atoms with Crippen LogP contribution in [0.3, 0.4) is 0 Å². The van der Waals surface area contributed by atoms with Crippen molar-refractivity contribution in [2.75, 3.05) is 13.1 Å². The lowest BCUT2D eigenvalue weighted by Gasteiger charge is -2.39. The summed E-state index contributed by atoms with van der Waals surface area (Å²) in [6.45, 7) is 6.46. The van der Waals surface area contributed by atoms with Crippen molar-refractivity contribution in [2.45, 2.75) is 44.6 Å². The van der Waals surface area contributed by atoms with E-state index in [4.69, 9.17) is 0 Å². The Hall–Kier alpha value is -3.15. The Balaban J connectivity index is 1.69.